The number of carbonyl (C=O) groups excluding carboxylic acids is 2. The highest BCUT2D eigenvalue weighted by atomic mass is 16.6. The molecule has 0 saturated heterocycles. The molecule has 9 heteroatoms. The molecule has 0 aliphatic heterocycles. The van der Waals surface area contributed by atoms with E-state index in [4.69, 9.17) is 9.97 Å². The first kappa shape index (κ1) is 29.0. The quantitative estimate of drug-likeness (QED) is 0.137. The molecule has 7 aromatic rings. The van der Waals surface area contributed by atoms with E-state index >= 15 is 0 Å². The first-order chi connectivity index (χ1) is 22.9. The Morgan fingerprint density at radius 1 is 0.553 bits per heavy atom. The van der Waals surface area contributed by atoms with Crippen molar-refractivity contribution in [3.05, 3.63) is 161 Å². The van der Waals surface area contributed by atoms with E-state index in [-0.39, 0.29) is 17.1 Å². The molecule has 0 spiro atoms. The Bertz CT molecular complexity index is 2330. The average molecular weight is 616 g/mol. The first-order valence-corrected chi connectivity index (χ1v) is 14.8. The van der Waals surface area contributed by atoms with Crippen LogP contribution in [0.1, 0.15) is 20.7 Å². The van der Waals surface area contributed by atoms with Gasteiger partial charge in [-0.05, 0) is 36.4 Å². The lowest BCUT2D eigenvalue weighted by Gasteiger charge is -2.13. The molecule has 2 amide bonds. The molecule has 47 heavy (non-hydrogen) atoms. The Hall–Kier alpha value is -6.74. The number of rotatable bonds is 7. The highest BCUT2D eigenvalue weighted by Gasteiger charge is 2.21. The monoisotopic (exact) mass is 615 g/mol. The number of nitro benzene ring substituents is 1. The van der Waals surface area contributed by atoms with Crippen molar-refractivity contribution in [2.75, 3.05) is 10.6 Å². The van der Waals surface area contributed by atoms with Gasteiger partial charge in [0.2, 0.25) is 0 Å². The zero-order chi connectivity index (χ0) is 32.3. The molecule has 5 aromatic carbocycles. The maximum atomic E-state index is 13.8. The van der Waals surface area contributed by atoms with Crippen molar-refractivity contribution in [2.45, 2.75) is 0 Å². The lowest BCUT2D eigenvalue weighted by Crippen LogP contribution is -2.16. The standard InChI is InChI=1S/C38H25N5O4/c44-37(29-22-33(24-11-3-1-4-12-24)40-31-17-9-7-15-27(29)31)39-26-19-20-36(43(46)47)35(21-26)42-38(45)30-23-34(25-13-5-2-6-14-25)41-32-18-10-8-16-28(30)32/h1-23H,(H,39,44)(H,42,45). The minimum atomic E-state index is -0.580. The van der Waals surface area contributed by atoms with E-state index < -0.39 is 16.7 Å². The van der Waals surface area contributed by atoms with Crippen LogP contribution in [0.5, 0.6) is 0 Å². The van der Waals surface area contributed by atoms with E-state index in [2.05, 4.69) is 10.6 Å². The Kier molecular flexibility index (Phi) is 7.61. The number of pyridine rings is 2. The highest BCUT2D eigenvalue weighted by molar-refractivity contribution is 6.15. The van der Waals surface area contributed by atoms with Gasteiger partial charge in [-0.15, -0.1) is 0 Å². The van der Waals surface area contributed by atoms with Gasteiger partial charge in [-0.25, -0.2) is 9.97 Å². The first-order valence-electron chi connectivity index (χ1n) is 14.8. The summed E-state index contributed by atoms with van der Waals surface area (Å²) in [5.41, 5.74) is 4.71. The zero-order valence-electron chi connectivity index (χ0n) is 24.8. The molecular weight excluding hydrogens is 590 g/mol. The van der Waals surface area contributed by atoms with Crippen molar-refractivity contribution >= 4 is 50.7 Å². The third kappa shape index (κ3) is 5.88. The Balaban J connectivity index is 1.24. The third-order valence-electron chi connectivity index (χ3n) is 7.76. The van der Waals surface area contributed by atoms with Crippen LogP contribution in [0.2, 0.25) is 0 Å². The van der Waals surface area contributed by atoms with E-state index in [0.717, 1.165) is 11.1 Å². The van der Waals surface area contributed by atoms with Crippen molar-refractivity contribution in [1.29, 1.82) is 0 Å². The summed E-state index contributed by atoms with van der Waals surface area (Å²) in [5, 5.41) is 18.8. The second-order valence-corrected chi connectivity index (χ2v) is 10.8. The number of nitrogens with zero attached hydrogens (tertiary/aromatic N) is 3. The molecule has 0 atom stereocenters. The molecule has 0 radical (unpaired) electrons. The maximum Gasteiger partial charge on any atom is 0.292 e. The van der Waals surface area contributed by atoms with Crippen molar-refractivity contribution in [3.8, 4) is 22.5 Å². The summed E-state index contributed by atoms with van der Waals surface area (Å²) in [5.74, 6) is -0.987. The van der Waals surface area contributed by atoms with Gasteiger partial charge in [0.1, 0.15) is 5.69 Å². The minimum Gasteiger partial charge on any atom is -0.322 e. The Morgan fingerprint density at radius 2 is 1.02 bits per heavy atom. The summed E-state index contributed by atoms with van der Waals surface area (Å²) < 4.78 is 0. The summed E-state index contributed by atoms with van der Waals surface area (Å²) in [6.07, 6.45) is 0. The van der Waals surface area contributed by atoms with Gasteiger partial charge in [0.25, 0.3) is 17.5 Å². The Morgan fingerprint density at radius 3 is 1.53 bits per heavy atom. The van der Waals surface area contributed by atoms with Crippen LogP contribution in [0, 0.1) is 10.1 Å². The van der Waals surface area contributed by atoms with Gasteiger partial charge in [-0.2, -0.15) is 0 Å². The molecule has 0 bridgehead atoms. The van der Waals surface area contributed by atoms with Gasteiger partial charge in [0.15, 0.2) is 0 Å². The van der Waals surface area contributed by atoms with Gasteiger partial charge in [-0.1, -0.05) is 97.1 Å². The summed E-state index contributed by atoms with van der Waals surface area (Å²) in [4.78, 5) is 48.4. The van der Waals surface area contributed by atoms with Crippen LogP contribution in [-0.4, -0.2) is 26.7 Å². The number of benzene rings is 5. The number of nitrogens with one attached hydrogen (secondary N) is 2. The second-order valence-electron chi connectivity index (χ2n) is 10.8. The van der Waals surface area contributed by atoms with Crippen LogP contribution in [0.15, 0.2) is 140 Å². The number of amides is 2. The molecule has 0 fully saturated rings. The number of hydrogen-bond donors (Lipinski definition) is 2. The Labute approximate surface area is 268 Å². The van der Waals surface area contributed by atoms with Crippen LogP contribution in [-0.2, 0) is 0 Å². The molecule has 9 nitrogen and oxygen atoms in total. The number of fused-ring (bicyclic) bond motifs is 2. The summed E-state index contributed by atoms with van der Waals surface area (Å²) in [7, 11) is 0. The lowest BCUT2D eigenvalue weighted by molar-refractivity contribution is -0.383. The molecule has 0 aliphatic carbocycles. The molecule has 0 unspecified atom stereocenters. The van der Waals surface area contributed by atoms with Crippen LogP contribution in [0.3, 0.4) is 0 Å². The fourth-order valence-electron chi connectivity index (χ4n) is 5.50. The second kappa shape index (κ2) is 12.3. The van der Waals surface area contributed by atoms with Crippen molar-refractivity contribution in [3.63, 3.8) is 0 Å². The topological polar surface area (TPSA) is 127 Å². The fraction of sp³-hybridized carbons (Fsp3) is 0. The zero-order valence-corrected chi connectivity index (χ0v) is 24.8. The maximum absolute atomic E-state index is 13.8. The van der Waals surface area contributed by atoms with Gasteiger partial charge in [0, 0.05) is 33.7 Å². The molecule has 2 N–H and O–H groups in total. The van der Waals surface area contributed by atoms with Crippen LogP contribution in [0.4, 0.5) is 17.1 Å². The molecule has 0 saturated carbocycles. The number of carbonyl (C=O) groups is 2. The average Bonchev–Trinajstić information content (AvgIpc) is 3.11. The largest absolute Gasteiger partial charge is 0.322 e. The smallest absolute Gasteiger partial charge is 0.292 e. The SMILES string of the molecule is O=C(Nc1ccc([N+](=O)[O-])c(NC(=O)c2cc(-c3ccccc3)nc3ccccc23)c1)c1cc(-c2ccccc2)nc2ccccc12. The number of anilines is 2. The lowest BCUT2D eigenvalue weighted by atomic mass is 10.0. The van der Waals surface area contributed by atoms with Crippen molar-refractivity contribution < 1.29 is 14.5 Å². The predicted molar refractivity (Wildman–Crippen MR) is 183 cm³/mol. The van der Waals surface area contributed by atoms with E-state index in [0.29, 0.717) is 44.3 Å². The molecule has 2 heterocycles. The molecule has 0 aliphatic rings. The summed E-state index contributed by atoms with van der Waals surface area (Å²) in [6, 6.07) is 41.0. The molecular formula is C38H25N5O4. The van der Waals surface area contributed by atoms with Crippen LogP contribution < -0.4 is 10.6 Å². The minimum absolute atomic E-state index is 0.0653. The van der Waals surface area contributed by atoms with E-state index in [1.807, 2.05) is 97.1 Å². The van der Waals surface area contributed by atoms with Crippen LogP contribution >= 0.6 is 0 Å². The van der Waals surface area contributed by atoms with E-state index in [1.54, 1.807) is 24.3 Å². The molecule has 226 valence electrons. The highest BCUT2D eigenvalue weighted by Crippen LogP contribution is 2.32. The predicted octanol–water partition coefficient (Wildman–Crippen LogP) is 8.53. The van der Waals surface area contributed by atoms with Gasteiger partial charge in [-0.3, -0.25) is 19.7 Å². The van der Waals surface area contributed by atoms with E-state index in [9.17, 15) is 19.7 Å². The third-order valence-corrected chi connectivity index (χ3v) is 7.76. The van der Waals surface area contributed by atoms with Crippen LogP contribution in [0.25, 0.3) is 44.3 Å². The normalized spacial score (nSPS) is 10.9. The van der Waals surface area contributed by atoms with E-state index in [1.165, 1.54) is 18.2 Å². The van der Waals surface area contributed by atoms with Gasteiger partial charge in [0.05, 0.1) is 38.5 Å². The summed E-state index contributed by atoms with van der Waals surface area (Å²) in [6.45, 7) is 0. The number of aromatic nitrogens is 2. The number of para-hydroxylation sites is 2. The fourth-order valence-corrected chi connectivity index (χ4v) is 5.50. The number of hydrogen-bond acceptors (Lipinski definition) is 6. The summed E-state index contributed by atoms with van der Waals surface area (Å²) >= 11 is 0. The van der Waals surface area contributed by atoms with Crippen molar-refractivity contribution in [2.24, 2.45) is 0 Å². The van der Waals surface area contributed by atoms with Gasteiger partial charge >= 0.3 is 0 Å². The van der Waals surface area contributed by atoms with Gasteiger partial charge < -0.3 is 10.6 Å². The molecule has 2 aromatic heterocycles. The van der Waals surface area contributed by atoms with Crippen molar-refractivity contribution in [1.82, 2.24) is 9.97 Å². The number of nitro groups is 1. The molecule has 7 rings (SSSR count).